The number of fused-ring (bicyclic) bond motifs is 2. The second-order valence-electron chi connectivity index (χ2n) is 10.3. The fourth-order valence-corrected chi connectivity index (χ4v) is 5.37. The molecule has 2 amide bonds. The summed E-state index contributed by atoms with van der Waals surface area (Å²) < 4.78 is 26.3. The number of ether oxygens (including phenoxy) is 2. The number of carbonyl (C=O) groups excluding carboxylic acids is 2. The van der Waals surface area contributed by atoms with E-state index in [4.69, 9.17) is 9.47 Å². The summed E-state index contributed by atoms with van der Waals surface area (Å²) in [5.41, 5.74) is 4.08. The minimum Gasteiger partial charge on any atom is -0.475 e. The lowest BCUT2D eigenvalue weighted by Crippen LogP contribution is -2.33. The number of anilines is 3. The molecular weight excluding hydrogens is 507 g/mol. The van der Waals surface area contributed by atoms with Gasteiger partial charge in [-0.05, 0) is 55.0 Å². The Morgan fingerprint density at radius 1 is 1.10 bits per heavy atom. The number of hydrogen-bond acceptors (Lipinski definition) is 7. The van der Waals surface area contributed by atoms with Gasteiger partial charge in [0.25, 0.3) is 0 Å². The molecule has 39 heavy (non-hydrogen) atoms. The first-order valence-corrected chi connectivity index (χ1v) is 13.1. The number of carboxylic acids is 1. The highest BCUT2D eigenvalue weighted by molar-refractivity contribution is 5.90. The van der Waals surface area contributed by atoms with Crippen molar-refractivity contribution in [3.05, 3.63) is 59.2 Å². The molecule has 0 radical (unpaired) electrons. The molecule has 3 heterocycles. The smallest absolute Gasteiger partial charge is 0.414 e. The van der Waals surface area contributed by atoms with Gasteiger partial charge >= 0.3 is 12.1 Å². The third-order valence-corrected chi connectivity index (χ3v) is 7.53. The Morgan fingerprint density at radius 3 is 2.59 bits per heavy atom. The lowest BCUT2D eigenvalue weighted by Gasteiger charge is -2.31. The molecule has 1 aliphatic carbocycles. The van der Waals surface area contributed by atoms with Crippen molar-refractivity contribution in [2.45, 2.75) is 44.8 Å². The van der Waals surface area contributed by atoms with Crippen molar-refractivity contribution in [2.24, 2.45) is 0 Å². The van der Waals surface area contributed by atoms with Crippen LogP contribution in [0, 0.1) is 5.82 Å². The van der Waals surface area contributed by atoms with Crippen LogP contribution >= 0.6 is 0 Å². The minimum atomic E-state index is -1.19. The highest BCUT2D eigenvalue weighted by atomic mass is 19.1. The molecule has 2 aromatic rings. The molecule has 1 atom stereocenters. The van der Waals surface area contributed by atoms with Crippen LogP contribution in [0.1, 0.15) is 30.9 Å². The molecular formula is C28H29FN4O6. The molecule has 3 aliphatic heterocycles. The number of nitrogens with one attached hydrogen (secondary N) is 1. The number of nitrogens with zero attached hydrogens (tertiary/aromatic N) is 3. The molecule has 4 aliphatic rings. The molecule has 0 spiro atoms. The van der Waals surface area contributed by atoms with E-state index in [-0.39, 0.29) is 30.0 Å². The van der Waals surface area contributed by atoms with E-state index in [0.717, 1.165) is 29.7 Å². The van der Waals surface area contributed by atoms with Crippen LogP contribution in [-0.4, -0.2) is 61.4 Å². The topological polar surface area (TPSA) is 112 Å². The summed E-state index contributed by atoms with van der Waals surface area (Å²) in [7, 11) is 0. The van der Waals surface area contributed by atoms with Gasteiger partial charge in [0.15, 0.2) is 5.75 Å². The number of hydrogen-bond donors (Lipinski definition) is 2. The van der Waals surface area contributed by atoms with Crippen molar-refractivity contribution < 1.29 is 33.4 Å². The van der Waals surface area contributed by atoms with Gasteiger partial charge in [0, 0.05) is 37.8 Å². The van der Waals surface area contributed by atoms with Gasteiger partial charge in [-0.2, -0.15) is 0 Å². The maximum atomic E-state index is 15.4. The van der Waals surface area contributed by atoms with Crippen LogP contribution in [0.2, 0.25) is 0 Å². The molecule has 1 saturated carbocycles. The molecule has 1 unspecified atom stereocenters. The van der Waals surface area contributed by atoms with E-state index in [1.807, 2.05) is 28.0 Å². The van der Waals surface area contributed by atoms with Gasteiger partial charge in [-0.1, -0.05) is 6.07 Å². The summed E-state index contributed by atoms with van der Waals surface area (Å²) >= 11 is 0. The second kappa shape index (κ2) is 9.79. The predicted molar refractivity (Wildman–Crippen MR) is 141 cm³/mol. The summed E-state index contributed by atoms with van der Waals surface area (Å²) in [5.74, 6) is -1.84. The monoisotopic (exact) mass is 536 g/mol. The molecule has 2 aromatic carbocycles. The van der Waals surface area contributed by atoms with Crippen molar-refractivity contribution in [3.63, 3.8) is 0 Å². The van der Waals surface area contributed by atoms with E-state index in [0.29, 0.717) is 43.9 Å². The summed E-state index contributed by atoms with van der Waals surface area (Å²) in [6.07, 6.45) is 3.87. The Bertz CT molecular complexity index is 1390. The van der Waals surface area contributed by atoms with Crippen molar-refractivity contribution in [1.29, 1.82) is 0 Å². The Kier molecular flexibility index (Phi) is 6.28. The van der Waals surface area contributed by atoms with Gasteiger partial charge in [-0.15, -0.1) is 0 Å². The highest BCUT2D eigenvalue weighted by Gasteiger charge is 2.36. The number of aliphatic carboxylic acids is 1. The standard InChI is InChI=1S/C28H29FN4O6/c1-16(34)30-13-21-14-33(28(37)38-21)20-3-2-17-6-8-31(9-7-18(17)10-20)23-12-24-25(11-22(23)29)39-26(27(35)36)15-32(24)19-4-5-19/h2-3,10-12,15,19,21H,4-9,13-14H2,1H3,(H,30,34)(H,35,36). The van der Waals surface area contributed by atoms with Gasteiger partial charge in [-0.3, -0.25) is 9.69 Å². The summed E-state index contributed by atoms with van der Waals surface area (Å²) in [4.78, 5) is 40.7. The first-order chi connectivity index (χ1) is 18.8. The minimum absolute atomic E-state index is 0.177. The molecule has 11 heteroatoms. The normalized spacial score (nSPS) is 20.4. The maximum absolute atomic E-state index is 15.4. The van der Waals surface area contributed by atoms with Crippen LogP contribution in [0.25, 0.3) is 0 Å². The second-order valence-corrected chi connectivity index (χ2v) is 10.3. The molecule has 2 fully saturated rings. The van der Waals surface area contributed by atoms with Crippen LogP contribution in [0.15, 0.2) is 42.3 Å². The average molecular weight is 537 g/mol. The fraction of sp³-hybridized carbons (Fsp3) is 0.393. The summed E-state index contributed by atoms with van der Waals surface area (Å²) in [6.45, 7) is 3.21. The van der Waals surface area contributed by atoms with E-state index in [1.165, 1.54) is 19.2 Å². The van der Waals surface area contributed by atoms with Gasteiger partial charge in [0.1, 0.15) is 11.9 Å². The van der Waals surface area contributed by atoms with Gasteiger partial charge in [0.2, 0.25) is 11.7 Å². The Morgan fingerprint density at radius 2 is 1.87 bits per heavy atom. The van der Waals surface area contributed by atoms with Crippen molar-refractivity contribution >= 4 is 35.0 Å². The van der Waals surface area contributed by atoms with Gasteiger partial charge in [-0.25, -0.2) is 14.0 Å². The maximum Gasteiger partial charge on any atom is 0.414 e. The number of carboxylic acid groups (broad SMARTS) is 1. The highest BCUT2D eigenvalue weighted by Crippen LogP contribution is 2.44. The molecule has 2 N–H and O–H groups in total. The molecule has 6 rings (SSSR count). The molecule has 0 bridgehead atoms. The number of cyclic esters (lactones) is 1. The van der Waals surface area contributed by atoms with Crippen LogP contribution in [0.4, 0.5) is 26.2 Å². The molecule has 10 nitrogen and oxygen atoms in total. The van der Waals surface area contributed by atoms with Crippen molar-refractivity contribution in [2.75, 3.05) is 40.9 Å². The van der Waals surface area contributed by atoms with E-state index in [2.05, 4.69) is 5.32 Å². The van der Waals surface area contributed by atoms with E-state index < -0.39 is 24.0 Å². The number of halogens is 1. The lowest BCUT2D eigenvalue weighted by atomic mass is 10.0. The van der Waals surface area contributed by atoms with Gasteiger partial charge < -0.3 is 29.7 Å². The predicted octanol–water partition coefficient (Wildman–Crippen LogP) is 3.18. The zero-order valence-electron chi connectivity index (χ0n) is 21.5. The average Bonchev–Trinajstić information content (AvgIpc) is 3.71. The van der Waals surface area contributed by atoms with Gasteiger partial charge in [0.05, 0.1) is 30.7 Å². The zero-order chi connectivity index (χ0) is 27.3. The number of carbonyl (C=O) groups is 3. The first kappa shape index (κ1) is 25.0. The first-order valence-electron chi connectivity index (χ1n) is 13.1. The van der Waals surface area contributed by atoms with E-state index >= 15 is 4.39 Å². The third-order valence-electron chi connectivity index (χ3n) is 7.53. The quantitative estimate of drug-likeness (QED) is 0.579. The molecule has 1 saturated heterocycles. The number of rotatable bonds is 6. The Labute approximate surface area is 224 Å². The van der Waals surface area contributed by atoms with Crippen LogP contribution in [0.3, 0.4) is 0 Å². The van der Waals surface area contributed by atoms with E-state index in [1.54, 1.807) is 11.0 Å². The fourth-order valence-electron chi connectivity index (χ4n) is 5.37. The summed E-state index contributed by atoms with van der Waals surface area (Å²) in [6, 6.07) is 9.12. The molecule has 0 aromatic heterocycles. The molecule has 204 valence electrons. The van der Waals surface area contributed by atoms with Crippen LogP contribution < -0.4 is 24.8 Å². The third kappa shape index (κ3) is 4.96. The van der Waals surface area contributed by atoms with E-state index in [9.17, 15) is 19.5 Å². The Hall–Kier alpha value is -4.28. The largest absolute Gasteiger partial charge is 0.475 e. The van der Waals surface area contributed by atoms with Crippen LogP contribution in [-0.2, 0) is 27.2 Å². The zero-order valence-corrected chi connectivity index (χ0v) is 21.5. The summed E-state index contributed by atoms with van der Waals surface area (Å²) in [5, 5.41) is 12.1. The van der Waals surface area contributed by atoms with Crippen molar-refractivity contribution in [3.8, 4) is 5.75 Å². The Balaban J connectivity index is 1.20. The van der Waals surface area contributed by atoms with Crippen LogP contribution in [0.5, 0.6) is 5.75 Å². The van der Waals surface area contributed by atoms with Crippen molar-refractivity contribution in [1.82, 2.24) is 5.32 Å². The number of benzene rings is 2. The SMILES string of the molecule is CC(=O)NCC1CN(c2ccc3c(c2)CCN(c2cc4c(cc2F)OC(C(=O)O)=CN4C2CC2)CC3)C(=O)O1. The lowest BCUT2D eigenvalue weighted by molar-refractivity contribution is -0.135. The number of amides is 2.